The average molecular weight is 337 g/mol. The van der Waals surface area contributed by atoms with E-state index in [1.807, 2.05) is 24.3 Å². The topological polar surface area (TPSA) is 41.1 Å². The quantitative estimate of drug-likeness (QED) is 0.880. The lowest BCUT2D eigenvalue weighted by molar-refractivity contribution is -0.114. The van der Waals surface area contributed by atoms with E-state index in [-0.39, 0.29) is 11.7 Å². The number of carbonyl (C=O) groups is 1. The Morgan fingerprint density at radius 2 is 1.80 bits per heavy atom. The number of carbonyl (C=O) groups excluding carboxylic acids is 1. The van der Waals surface area contributed by atoms with Crippen molar-refractivity contribution in [2.45, 2.75) is 13.5 Å². The molecular formula is C15H14BrFN2O. The minimum Gasteiger partial charge on any atom is -0.381 e. The molecule has 0 atom stereocenters. The van der Waals surface area contributed by atoms with Crippen LogP contribution >= 0.6 is 15.9 Å². The molecule has 2 rings (SSSR count). The van der Waals surface area contributed by atoms with Gasteiger partial charge < -0.3 is 10.6 Å². The number of amides is 1. The van der Waals surface area contributed by atoms with Crippen molar-refractivity contribution in [3.8, 4) is 0 Å². The van der Waals surface area contributed by atoms with E-state index in [0.29, 0.717) is 6.54 Å². The van der Waals surface area contributed by atoms with E-state index < -0.39 is 0 Å². The van der Waals surface area contributed by atoms with Gasteiger partial charge in [0, 0.05) is 29.3 Å². The molecule has 0 fully saturated rings. The molecule has 2 N–H and O–H groups in total. The normalized spacial score (nSPS) is 10.2. The van der Waals surface area contributed by atoms with Crippen molar-refractivity contribution < 1.29 is 9.18 Å². The van der Waals surface area contributed by atoms with Gasteiger partial charge in [0.05, 0.1) is 0 Å². The van der Waals surface area contributed by atoms with E-state index in [9.17, 15) is 9.18 Å². The lowest BCUT2D eigenvalue weighted by Crippen LogP contribution is -2.06. The summed E-state index contributed by atoms with van der Waals surface area (Å²) in [5.74, 6) is -0.361. The first kappa shape index (κ1) is 14.5. The number of hydrogen-bond acceptors (Lipinski definition) is 2. The maximum atomic E-state index is 13.2. The molecule has 2 aromatic rings. The van der Waals surface area contributed by atoms with Gasteiger partial charge >= 0.3 is 0 Å². The van der Waals surface area contributed by atoms with Crippen LogP contribution in [0.2, 0.25) is 0 Å². The third-order valence-corrected chi connectivity index (χ3v) is 3.47. The molecule has 0 aromatic heterocycles. The molecule has 5 heteroatoms. The first-order valence-corrected chi connectivity index (χ1v) is 6.89. The van der Waals surface area contributed by atoms with Gasteiger partial charge in [-0.3, -0.25) is 4.79 Å². The van der Waals surface area contributed by atoms with Crippen LogP contribution in [0.25, 0.3) is 0 Å². The second-order valence-electron chi connectivity index (χ2n) is 4.35. The Kier molecular flexibility index (Phi) is 4.74. The summed E-state index contributed by atoms with van der Waals surface area (Å²) >= 11 is 3.39. The largest absolute Gasteiger partial charge is 0.381 e. The Balaban J connectivity index is 2.00. The zero-order chi connectivity index (χ0) is 14.5. The summed E-state index contributed by atoms with van der Waals surface area (Å²) in [5, 5.41) is 5.90. The first-order chi connectivity index (χ1) is 9.54. The van der Waals surface area contributed by atoms with Gasteiger partial charge in [0.1, 0.15) is 5.82 Å². The van der Waals surface area contributed by atoms with E-state index >= 15 is 0 Å². The molecule has 0 spiro atoms. The van der Waals surface area contributed by atoms with Gasteiger partial charge in [-0.05, 0) is 48.0 Å². The van der Waals surface area contributed by atoms with Crippen molar-refractivity contribution in [2.75, 3.05) is 10.6 Å². The van der Waals surface area contributed by atoms with Gasteiger partial charge in [-0.2, -0.15) is 0 Å². The summed E-state index contributed by atoms with van der Waals surface area (Å²) in [6, 6.07) is 11.9. The number of nitrogens with one attached hydrogen (secondary N) is 2. The molecule has 0 aliphatic carbocycles. The first-order valence-electron chi connectivity index (χ1n) is 6.10. The molecule has 3 nitrogen and oxygen atoms in total. The Bertz CT molecular complexity index is 614. The zero-order valence-corrected chi connectivity index (χ0v) is 12.5. The Morgan fingerprint density at radius 1 is 1.15 bits per heavy atom. The van der Waals surface area contributed by atoms with Crippen molar-refractivity contribution in [3.05, 3.63) is 58.3 Å². The highest BCUT2D eigenvalue weighted by Gasteiger charge is 2.02. The maximum Gasteiger partial charge on any atom is 0.221 e. The SMILES string of the molecule is CC(=O)Nc1ccc(NCc2cc(F)ccc2Br)cc1. The van der Waals surface area contributed by atoms with Gasteiger partial charge in [-0.1, -0.05) is 15.9 Å². The molecule has 0 bridgehead atoms. The van der Waals surface area contributed by atoms with Crippen molar-refractivity contribution in [1.29, 1.82) is 0 Å². The Morgan fingerprint density at radius 3 is 2.45 bits per heavy atom. The van der Waals surface area contributed by atoms with Crippen LogP contribution in [-0.2, 0) is 11.3 Å². The Labute approximate surface area is 125 Å². The summed E-state index contributed by atoms with van der Waals surface area (Å²) in [4.78, 5) is 10.9. The predicted octanol–water partition coefficient (Wildman–Crippen LogP) is 4.16. The van der Waals surface area contributed by atoms with Gasteiger partial charge in [0.15, 0.2) is 0 Å². The molecule has 20 heavy (non-hydrogen) atoms. The van der Waals surface area contributed by atoms with Crippen LogP contribution in [0.5, 0.6) is 0 Å². The summed E-state index contributed by atoms with van der Waals surface area (Å²) in [5.41, 5.74) is 2.49. The number of halogens is 2. The van der Waals surface area contributed by atoms with Gasteiger partial charge in [0.2, 0.25) is 5.91 Å². The van der Waals surface area contributed by atoms with E-state index in [1.54, 1.807) is 6.07 Å². The number of hydrogen-bond donors (Lipinski definition) is 2. The maximum absolute atomic E-state index is 13.2. The van der Waals surface area contributed by atoms with E-state index in [2.05, 4.69) is 26.6 Å². The second kappa shape index (κ2) is 6.52. The molecule has 2 aromatic carbocycles. The molecular weight excluding hydrogens is 323 g/mol. The van der Waals surface area contributed by atoms with Gasteiger partial charge in [0.25, 0.3) is 0 Å². The van der Waals surface area contributed by atoms with Crippen LogP contribution in [0.15, 0.2) is 46.9 Å². The third kappa shape index (κ3) is 4.06. The standard InChI is InChI=1S/C15H14BrFN2O/c1-10(20)19-14-5-3-13(4-6-14)18-9-11-8-12(17)2-7-15(11)16/h2-8,18H,9H2,1H3,(H,19,20). The smallest absolute Gasteiger partial charge is 0.221 e. The summed E-state index contributed by atoms with van der Waals surface area (Å²) in [6.45, 7) is 1.98. The number of benzene rings is 2. The van der Waals surface area contributed by atoms with E-state index in [1.165, 1.54) is 19.1 Å². The van der Waals surface area contributed by atoms with Crippen molar-refractivity contribution in [3.63, 3.8) is 0 Å². The zero-order valence-electron chi connectivity index (χ0n) is 10.9. The fourth-order valence-corrected chi connectivity index (χ4v) is 2.14. The predicted molar refractivity (Wildman–Crippen MR) is 82.2 cm³/mol. The van der Waals surface area contributed by atoms with Crippen LogP contribution in [-0.4, -0.2) is 5.91 Å². The summed E-state index contributed by atoms with van der Waals surface area (Å²) < 4.78 is 14.0. The minimum atomic E-state index is -0.258. The second-order valence-corrected chi connectivity index (χ2v) is 5.20. The summed E-state index contributed by atoms with van der Waals surface area (Å²) in [6.07, 6.45) is 0. The minimum absolute atomic E-state index is 0.102. The van der Waals surface area contributed by atoms with Crippen molar-refractivity contribution >= 4 is 33.2 Å². The van der Waals surface area contributed by atoms with E-state index in [0.717, 1.165) is 21.4 Å². The highest BCUT2D eigenvalue weighted by Crippen LogP contribution is 2.20. The summed E-state index contributed by atoms with van der Waals surface area (Å²) in [7, 11) is 0. The lowest BCUT2D eigenvalue weighted by atomic mass is 10.2. The molecule has 0 unspecified atom stereocenters. The molecule has 0 aliphatic heterocycles. The fourth-order valence-electron chi connectivity index (χ4n) is 1.75. The van der Waals surface area contributed by atoms with E-state index in [4.69, 9.17) is 0 Å². The van der Waals surface area contributed by atoms with Crippen LogP contribution < -0.4 is 10.6 Å². The van der Waals surface area contributed by atoms with Crippen LogP contribution in [0, 0.1) is 5.82 Å². The average Bonchev–Trinajstić information content (AvgIpc) is 2.41. The van der Waals surface area contributed by atoms with Crippen LogP contribution in [0.3, 0.4) is 0 Å². The molecule has 0 aliphatic rings. The molecule has 0 saturated heterocycles. The number of rotatable bonds is 4. The Hall–Kier alpha value is -1.88. The lowest BCUT2D eigenvalue weighted by Gasteiger charge is -2.09. The van der Waals surface area contributed by atoms with Crippen molar-refractivity contribution in [2.24, 2.45) is 0 Å². The molecule has 0 radical (unpaired) electrons. The third-order valence-electron chi connectivity index (χ3n) is 2.70. The van der Waals surface area contributed by atoms with Crippen molar-refractivity contribution in [1.82, 2.24) is 0 Å². The van der Waals surface area contributed by atoms with Crippen LogP contribution in [0.4, 0.5) is 15.8 Å². The fraction of sp³-hybridized carbons (Fsp3) is 0.133. The monoisotopic (exact) mass is 336 g/mol. The van der Waals surface area contributed by atoms with Gasteiger partial charge in [-0.15, -0.1) is 0 Å². The molecule has 104 valence electrons. The molecule has 0 saturated carbocycles. The molecule has 0 heterocycles. The van der Waals surface area contributed by atoms with Crippen LogP contribution in [0.1, 0.15) is 12.5 Å². The number of anilines is 2. The highest BCUT2D eigenvalue weighted by molar-refractivity contribution is 9.10. The highest BCUT2D eigenvalue weighted by atomic mass is 79.9. The van der Waals surface area contributed by atoms with Gasteiger partial charge in [-0.25, -0.2) is 4.39 Å². The molecule has 1 amide bonds.